The molecule has 138 valence electrons. The number of hydrogen-bond acceptors (Lipinski definition) is 2. The van der Waals surface area contributed by atoms with Gasteiger partial charge in [-0.25, -0.2) is 4.79 Å². The third-order valence-electron chi connectivity index (χ3n) is 8.59. The molecule has 1 heterocycles. The van der Waals surface area contributed by atoms with Crippen molar-refractivity contribution in [1.82, 2.24) is 4.90 Å². The van der Waals surface area contributed by atoms with E-state index in [9.17, 15) is 14.7 Å². The van der Waals surface area contributed by atoms with Crippen molar-refractivity contribution < 1.29 is 14.7 Å². The van der Waals surface area contributed by atoms with Crippen LogP contribution in [0.5, 0.6) is 0 Å². The topological polar surface area (TPSA) is 57.6 Å². The summed E-state index contributed by atoms with van der Waals surface area (Å²) in [5.74, 6) is 1.12. The molecular weight excluding hydrogens is 314 g/mol. The molecule has 4 nitrogen and oxygen atoms in total. The van der Waals surface area contributed by atoms with Gasteiger partial charge in [-0.15, -0.1) is 0 Å². The second-order valence-electron chi connectivity index (χ2n) is 9.75. The molecular formula is C21H31NO3. The summed E-state index contributed by atoms with van der Waals surface area (Å²) in [4.78, 5) is 25.9. The predicted molar refractivity (Wildman–Crippen MR) is 95.8 cm³/mol. The lowest BCUT2D eigenvalue weighted by molar-refractivity contribution is -0.149. The van der Waals surface area contributed by atoms with Gasteiger partial charge in [0, 0.05) is 18.5 Å². The lowest BCUT2D eigenvalue weighted by Crippen LogP contribution is -2.62. The quantitative estimate of drug-likeness (QED) is 0.737. The zero-order chi connectivity index (χ0) is 18.1. The van der Waals surface area contributed by atoms with E-state index in [-0.39, 0.29) is 22.9 Å². The zero-order valence-electron chi connectivity index (χ0n) is 15.9. The molecule has 0 aromatic carbocycles. The van der Waals surface area contributed by atoms with Crippen LogP contribution in [-0.2, 0) is 9.59 Å². The number of nitrogens with zero attached hydrogens (tertiary/aromatic N) is 1. The van der Waals surface area contributed by atoms with E-state index >= 15 is 0 Å². The van der Waals surface area contributed by atoms with Crippen molar-refractivity contribution in [2.45, 2.75) is 65.3 Å². The molecule has 4 rings (SSSR count). The smallest absolute Gasteiger partial charge is 0.341 e. The van der Waals surface area contributed by atoms with E-state index in [2.05, 4.69) is 20.8 Å². The first-order valence-electron chi connectivity index (χ1n) is 9.92. The van der Waals surface area contributed by atoms with E-state index in [1.807, 2.05) is 6.08 Å². The Labute approximate surface area is 150 Å². The maximum absolute atomic E-state index is 12.5. The Morgan fingerprint density at radius 2 is 1.96 bits per heavy atom. The minimum absolute atomic E-state index is 0.0192. The molecule has 0 aromatic heterocycles. The Morgan fingerprint density at radius 1 is 1.24 bits per heavy atom. The van der Waals surface area contributed by atoms with Gasteiger partial charge in [-0.05, 0) is 61.2 Å². The summed E-state index contributed by atoms with van der Waals surface area (Å²) < 4.78 is 0. The average Bonchev–Trinajstić information content (AvgIpc) is 2.94. The van der Waals surface area contributed by atoms with Crippen LogP contribution in [0.4, 0.5) is 0 Å². The highest BCUT2D eigenvalue weighted by molar-refractivity contribution is 6.16. The molecule has 0 bridgehead atoms. The van der Waals surface area contributed by atoms with Crippen molar-refractivity contribution in [3.8, 4) is 0 Å². The van der Waals surface area contributed by atoms with Crippen LogP contribution >= 0.6 is 0 Å². The van der Waals surface area contributed by atoms with Crippen LogP contribution in [0.3, 0.4) is 0 Å². The Hall–Kier alpha value is -1.32. The van der Waals surface area contributed by atoms with Crippen LogP contribution in [0.2, 0.25) is 0 Å². The van der Waals surface area contributed by atoms with Crippen molar-refractivity contribution in [1.29, 1.82) is 0 Å². The number of carboxylic acid groups (broad SMARTS) is 1. The number of carbonyl (C=O) groups excluding carboxylic acids is 1. The molecule has 3 fully saturated rings. The van der Waals surface area contributed by atoms with E-state index in [0.717, 1.165) is 12.3 Å². The Morgan fingerprint density at radius 3 is 2.64 bits per heavy atom. The molecule has 0 spiro atoms. The van der Waals surface area contributed by atoms with Crippen molar-refractivity contribution in [2.24, 2.45) is 34.5 Å². The third kappa shape index (κ3) is 2.18. The zero-order valence-corrected chi connectivity index (χ0v) is 15.9. The number of aliphatic carboxylic acids is 1. The summed E-state index contributed by atoms with van der Waals surface area (Å²) >= 11 is 0. The fraction of sp³-hybridized carbons (Fsp3) is 0.810. The number of hydrogen-bond donors (Lipinski definition) is 1. The van der Waals surface area contributed by atoms with Gasteiger partial charge in [-0.2, -0.15) is 0 Å². The molecule has 25 heavy (non-hydrogen) atoms. The highest BCUT2D eigenvalue weighted by Gasteiger charge is 2.61. The number of amides is 1. The molecule has 7 atom stereocenters. The van der Waals surface area contributed by atoms with Crippen molar-refractivity contribution >= 4 is 11.9 Å². The Balaban J connectivity index is 1.80. The Bertz CT molecular complexity index is 656. The third-order valence-corrected chi connectivity index (χ3v) is 8.59. The molecule has 3 saturated carbocycles. The van der Waals surface area contributed by atoms with Gasteiger partial charge in [0.05, 0.1) is 0 Å². The number of carbonyl (C=O) groups is 2. The lowest BCUT2D eigenvalue weighted by Gasteiger charge is -2.62. The van der Waals surface area contributed by atoms with Gasteiger partial charge in [-0.1, -0.05) is 33.3 Å². The molecule has 1 amide bonds. The molecule has 1 N–H and O–H groups in total. The van der Waals surface area contributed by atoms with E-state index in [4.69, 9.17) is 0 Å². The second kappa shape index (κ2) is 5.34. The van der Waals surface area contributed by atoms with Gasteiger partial charge in [-0.3, -0.25) is 4.79 Å². The molecule has 0 radical (unpaired) electrons. The highest BCUT2D eigenvalue weighted by Crippen LogP contribution is 2.65. The first-order chi connectivity index (χ1) is 11.7. The number of likely N-dealkylation sites (N-methyl/N-ethyl adjacent to an activating group) is 1. The SMILES string of the molecule is CC1CC2N(C)C(=O)C(C(=O)O)=C[C@]2(C)[C@@H]2CC[C@]3(C)CCC[C@H]3[C@H]12. The van der Waals surface area contributed by atoms with Crippen LogP contribution in [0.1, 0.15) is 59.3 Å². The summed E-state index contributed by atoms with van der Waals surface area (Å²) in [6, 6.07) is 0.130. The van der Waals surface area contributed by atoms with Gasteiger partial charge in [0.25, 0.3) is 5.91 Å². The minimum atomic E-state index is -1.08. The van der Waals surface area contributed by atoms with E-state index < -0.39 is 5.97 Å². The van der Waals surface area contributed by atoms with Crippen molar-refractivity contribution in [3.63, 3.8) is 0 Å². The van der Waals surface area contributed by atoms with Crippen LogP contribution in [-0.4, -0.2) is 35.0 Å². The normalized spacial score (nSPS) is 49.1. The Kier molecular flexibility index (Phi) is 3.66. The molecule has 0 aromatic rings. The maximum Gasteiger partial charge on any atom is 0.341 e. The molecule has 2 unspecified atom stereocenters. The summed E-state index contributed by atoms with van der Waals surface area (Å²) in [5, 5.41) is 9.55. The highest BCUT2D eigenvalue weighted by atomic mass is 16.4. The number of fused-ring (bicyclic) bond motifs is 5. The minimum Gasteiger partial charge on any atom is -0.478 e. The standard InChI is InChI=1S/C21H31NO3/c1-12-10-16-21(3,11-13(19(24)25)18(23)22(16)4)15-7-9-20(2)8-5-6-14(20)17(12)15/h11-12,14-17H,5-10H2,1-4H3,(H,24,25)/t12?,14-,15+,16?,17-,20-,21+/m0/s1. The number of carboxylic acids is 1. The average molecular weight is 345 g/mol. The molecule has 0 saturated heterocycles. The summed E-state index contributed by atoms with van der Waals surface area (Å²) in [6.07, 6.45) is 9.28. The van der Waals surface area contributed by atoms with Gasteiger partial charge < -0.3 is 10.0 Å². The monoisotopic (exact) mass is 345 g/mol. The second-order valence-corrected chi connectivity index (χ2v) is 9.75. The summed E-state index contributed by atoms with van der Waals surface area (Å²) in [7, 11) is 1.80. The van der Waals surface area contributed by atoms with E-state index in [1.165, 1.54) is 32.1 Å². The lowest BCUT2D eigenvalue weighted by atomic mass is 9.46. The first kappa shape index (κ1) is 17.1. The molecule has 4 heteroatoms. The molecule has 4 aliphatic rings. The summed E-state index contributed by atoms with van der Waals surface area (Å²) in [6.45, 7) is 7.08. The van der Waals surface area contributed by atoms with Crippen LogP contribution < -0.4 is 0 Å². The first-order valence-corrected chi connectivity index (χ1v) is 9.92. The van der Waals surface area contributed by atoms with Crippen molar-refractivity contribution in [2.75, 3.05) is 7.05 Å². The molecule has 3 aliphatic carbocycles. The van der Waals surface area contributed by atoms with Crippen LogP contribution in [0.15, 0.2) is 11.6 Å². The maximum atomic E-state index is 12.5. The summed E-state index contributed by atoms with van der Waals surface area (Å²) in [5.41, 5.74) is 0.251. The number of rotatable bonds is 1. The van der Waals surface area contributed by atoms with E-state index in [0.29, 0.717) is 23.2 Å². The van der Waals surface area contributed by atoms with Crippen LogP contribution in [0, 0.1) is 34.5 Å². The largest absolute Gasteiger partial charge is 0.478 e. The van der Waals surface area contributed by atoms with Gasteiger partial charge >= 0.3 is 5.97 Å². The van der Waals surface area contributed by atoms with Gasteiger partial charge in [0.1, 0.15) is 5.57 Å². The van der Waals surface area contributed by atoms with Gasteiger partial charge in [0.2, 0.25) is 0 Å². The predicted octanol–water partition coefficient (Wildman–Crippen LogP) is 3.72. The molecule has 1 aliphatic heterocycles. The fourth-order valence-electron chi connectivity index (χ4n) is 7.35. The van der Waals surface area contributed by atoms with Crippen LogP contribution in [0.25, 0.3) is 0 Å². The van der Waals surface area contributed by atoms with E-state index in [1.54, 1.807) is 11.9 Å². The van der Waals surface area contributed by atoms with Gasteiger partial charge in [0.15, 0.2) is 0 Å². The fourth-order valence-corrected chi connectivity index (χ4v) is 7.35. The van der Waals surface area contributed by atoms with Crippen molar-refractivity contribution in [3.05, 3.63) is 11.6 Å².